The maximum atomic E-state index is 12.7. The molecule has 27 heavy (non-hydrogen) atoms. The van der Waals surface area contributed by atoms with E-state index in [1.807, 2.05) is 44.2 Å². The summed E-state index contributed by atoms with van der Waals surface area (Å²) in [7, 11) is 0. The van der Waals surface area contributed by atoms with Gasteiger partial charge in [0, 0.05) is 5.56 Å². The van der Waals surface area contributed by atoms with E-state index in [-0.39, 0.29) is 30.2 Å². The lowest BCUT2D eigenvalue weighted by molar-refractivity contribution is -0.145. The summed E-state index contributed by atoms with van der Waals surface area (Å²) in [5.74, 6) is 0.252. The molecule has 1 aliphatic heterocycles. The van der Waals surface area contributed by atoms with Crippen molar-refractivity contribution in [3.05, 3.63) is 59.7 Å². The van der Waals surface area contributed by atoms with Crippen molar-refractivity contribution in [2.24, 2.45) is 5.92 Å². The Bertz CT molecular complexity index is 800. The molecule has 0 saturated carbocycles. The first kappa shape index (κ1) is 19.0. The Morgan fingerprint density at radius 1 is 1.04 bits per heavy atom. The summed E-state index contributed by atoms with van der Waals surface area (Å²) in [5, 5.41) is 0. The van der Waals surface area contributed by atoms with Crippen molar-refractivity contribution in [2.45, 2.75) is 26.2 Å². The van der Waals surface area contributed by atoms with Crippen LogP contribution >= 0.6 is 0 Å². The number of hydrogen-bond donors (Lipinski definition) is 0. The van der Waals surface area contributed by atoms with Crippen LogP contribution in [0.3, 0.4) is 0 Å². The molecular weight excluding hydrogens is 344 g/mol. The Kier molecular flexibility index (Phi) is 6.12. The summed E-state index contributed by atoms with van der Waals surface area (Å²) in [6, 6.07) is 14.5. The average molecular weight is 368 g/mol. The molecule has 0 unspecified atom stereocenters. The van der Waals surface area contributed by atoms with Crippen molar-refractivity contribution in [3.63, 3.8) is 0 Å². The van der Waals surface area contributed by atoms with Crippen LogP contribution < -0.4 is 9.47 Å². The molecule has 3 rings (SSSR count). The highest BCUT2D eigenvalue weighted by atomic mass is 16.6. The lowest BCUT2D eigenvalue weighted by atomic mass is 9.85. The van der Waals surface area contributed by atoms with E-state index in [0.717, 1.165) is 12.0 Å². The van der Waals surface area contributed by atoms with Crippen LogP contribution in [-0.2, 0) is 9.53 Å². The molecule has 0 radical (unpaired) electrons. The van der Waals surface area contributed by atoms with E-state index in [4.69, 9.17) is 14.2 Å². The molecule has 1 heterocycles. The summed E-state index contributed by atoms with van der Waals surface area (Å²) in [6.07, 6.45) is 0.838. The van der Waals surface area contributed by atoms with Crippen molar-refractivity contribution < 1.29 is 23.8 Å². The Hall–Kier alpha value is -2.82. The smallest absolute Gasteiger partial charge is 0.314 e. The molecule has 0 spiro atoms. The highest BCUT2D eigenvalue weighted by Crippen LogP contribution is 2.31. The van der Waals surface area contributed by atoms with E-state index in [2.05, 4.69) is 0 Å². The molecule has 0 saturated heterocycles. The number of carbonyl (C=O) groups is 2. The second-order valence-corrected chi connectivity index (χ2v) is 6.66. The highest BCUT2D eigenvalue weighted by Gasteiger charge is 2.28. The minimum Gasteiger partial charge on any atom is -0.486 e. The van der Waals surface area contributed by atoms with Crippen LogP contribution in [0.25, 0.3) is 0 Å². The van der Waals surface area contributed by atoms with E-state index in [1.54, 1.807) is 18.2 Å². The van der Waals surface area contributed by atoms with E-state index >= 15 is 0 Å². The minimum atomic E-state index is -0.385. The van der Waals surface area contributed by atoms with E-state index < -0.39 is 0 Å². The van der Waals surface area contributed by atoms with Gasteiger partial charge in [0.2, 0.25) is 0 Å². The number of ketones is 1. The maximum Gasteiger partial charge on any atom is 0.314 e. The Balaban J connectivity index is 1.67. The van der Waals surface area contributed by atoms with E-state index in [0.29, 0.717) is 30.3 Å². The van der Waals surface area contributed by atoms with Crippen molar-refractivity contribution >= 4 is 11.8 Å². The third-order valence-corrected chi connectivity index (χ3v) is 4.84. The minimum absolute atomic E-state index is 0.115. The fraction of sp³-hybridized carbons (Fsp3) is 0.364. The van der Waals surface area contributed by atoms with Crippen LogP contribution in [0.4, 0.5) is 0 Å². The number of fused-ring (bicyclic) bond motifs is 1. The van der Waals surface area contributed by atoms with Gasteiger partial charge in [-0.25, -0.2) is 0 Å². The highest BCUT2D eigenvalue weighted by molar-refractivity contribution is 5.98. The summed E-state index contributed by atoms with van der Waals surface area (Å²) in [6.45, 7) is 4.70. The molecule has 5 heteroatoms. The van der Waals surface area contributed by atoms with Gasteiger partial charge in [-0.1, -0.05) is 50.6 Å². The molecule has 0 aliphatic carbocycles. The van der Waals surface area contributed by atoms with Crippen LogP contribution in [0, 0.1) is 5.92 Å². The predicted molar refractivity (Wildman–Crippen MR) is 101 cm³/mol. The molecule has 0 fully saturated rings. The Morgan fingerprint density at radius 3 is 2.44 bits per heavy atom. The quantitative estimate of drug-likeness (QED) is 0.546. The largest absolute Gasteiger partial charge is 0.486 e. The number of hydrogen-bond acceptors (Lipinski definition) is 5. The van der Waals surface area contributed by atoms with Gasteiger partial charge in [0.1, 0.15) is 13.2 Å². The lowest BCUT2D eigenvalue weighted by Gasteiger charge is -2.22. The topological polar surface area (TPSA) is 61.8 Å². The lowest BCUT2D eigenvalue weighted by Crippen LogP contribution is -2.24. The molecule has 5 nitrogen and oxygen atoms in total. The molecule has 2 aromatic rings. The summed E-state index contributed by atoms with van der Waals surface area (Å²) < 4.78 is 16.3. The van der Waals surface area contributed by atoms with E-state index in [1.165, 1.54) is 0 Å². The van der Waals surface area contributed by atoms with E-state index in [9.17, 15) is 9.59 Å². The van der Waals surface area contributed by atoms with Crippen LogP contribution in [0.2, 0.25) is 0 Å². The fourth-order valence-electron chi connectivity index (χ4n) is 3.12. The summed E-state index contributed by atoms with van der Waals surface area (Å²) >= 11 is 0. The van der Waals surface area contributed by atoms with Gasteiger partial charge in [-0.2, -0.15) is 0 Å². The fourth-order valence-corrected chi connectivity index (χ4v) is 3.12. The van der Waals surface area contributed by atoms with Gasteiger partial charge in [0.25, 0.3) is 0 Å². The first-order valence-electron chi connectivity index (χ1n) is 9.24. The molecule has 2 atom stereocenters. The number of rotatable bonds is 7. The van der Waals surface area contributed by atoms with Crippen molar-refractivity contribution in [1.82, 2.24) is 0 Å². The number of Topliss-reactive ketones (excluding diaryl/α,β-unsaturated/α-hetero) is 1. The zero-order valence-electron chi connectivity index (χ0n) is 15.6. The van der Waals surface area contributed by atoms with Gasteiger partial charge in [0.05, 0.1) is 5.92 Å². The average Bonchev–Trinajstić information content (AvgIpc) is 2.72. The zero-order valence-corrected chi connectivity index (χ0v) is 15.6. The van der Waals surface area contributed by atoms with Gasteiger partial charge >= 0.3 is 5.97 Å². The number of esters is 1. The molecule has 0 bridgehead atoms. The molecular formula is C22H24O5. The first-order valence-corrected chi connectivity index (χ1v) is 9.24. The maximum absolute atomic E-state index is 12.7. The van der Waals surface area contributed by atoms with Crippen LogP contribution in [-0.4, -0.2) is 31.6 Å². The third-order valence-electron chi connectivity index (χ3n) is 4.84. The third kappa shape index (κ3) is 4.48. The number of ether oxygens (including phenoxy) is 3. The normalized spacial score (nSPS) is 14.9. The van der Waals surface area contributed by atoms with Gasteiger partial charge in [-0.15, -0.1) is 0 Å². The van der Waals surface area contributed by atoms with Crippen molar-refractivity contribution in [1.29, 1.82) is 0 Å². The van der Waals surface area contributed by atoms with Crippen LogP contribution in [0.15, 0.2) is 48.5 Å². The van der Waals surface area contributed by atoms with Gasteiger partial charge in [-0.3, -0.25) is 9.59 Å². The monoisotopic (exact) mass is 368 g/mol. The van der Waals surface area contributed by atoms with Gasteiger partial charge in [-0.05, 0) is 29.7 Å². The van der Waals surface area contributed by atoms with Gasteiger partial charge in [0.15, 0.2) is 23.9 Å². The predicted octanol–water partition coefficient (Wildman–Crippen LogP) is 4.01. The second-order valence-electron chi connectivity index (χ2n) is 6.66. The molecule has 142 valence electrons. The molecule has 2 aromatic carbocycles. The number of carbonyl (C=O) groups excluding carboxylic acids is 2. The summed E-state index contributed by atoms with van der Waals surface area (Å²) in [4.78, 5) is 25.2. The number of benzene rings is 2. The van der Waals surface area contributed by atoms with Crippen molar-refractivity contribution in [2.75, 3.05) is 19.8 Å². The Morgan fingerprint density at radius 2 is 1.74 bits per heavy atom. The van der Waals surface area contributed by atoms with Crippen molar-refractivity contribution in [3.8, 4) is 11.5 Å². The second kappa shape index (κ2) is 8.71. The molecule has 1 aliphatic rings. The first-order chi connectivity index (χ1) is 13.1. The molecule has 0 aromatic heterocycles. The summed E-state index contributed by atoms with van der Waals surface area (Å²) in [5.41, 5.74) is 1.34. The zero-order chi connectivity index (χ0) is 19.2. The molecule has 0 N–H and O–H groups in total. The standard InChI is InChI=1S/C22H24O5/c1-3-15(2)21(16-7-5-4-6-8-16)22(24)27-14-18(23)17-9-10-19-20(13-17)26-12-11-25-19/h4-10,13,15,21H,3,11-12,14H2,1-2H3/t15-,21+/m1/s1. The van der Waals surface area contributed by atoms with Gasteiger partial charge < -0.3 is 14.2 Å². The molecule has 0 amide bonds. The Labute approximate surface area is 159 Å². The van der Waals surface area contributed by atoms with Crippen LogP contribution in [0.5, 0.6) is 11.5 Å². The SMILES string of the molecule is CC[C@@H](C)[C@H](C(=O)OCC(=O)c1ccc2c(c1)OCCO2)c1ccccc1. The van der Waals surface area contributed by atoms with Crippen LogP contribution in [0.1, 0.15) is 42.1 Å².